The molecule has 1 spiro atoms. The first kappa shape index (κ1) is 13.3. The highest BCUT2D eigenvalue weighted by molar-refractivity contribution is 5.78. The summed E-state index contributed by atoms with van der Waals surface area (Å²) < 4.78 is 0. The Morgan fingerprint density at radius 3 is 2.63 bits per heavy atom. The molecule has 0 radical (unpaired) electrons. The number of amides is 1. The monoisotopic (exact) mass is 266 g/mol. The van der Waals surface area contributed by atoms with E-state index in [-0.39, 0.29) is 0 Å². The Balaban J connectivity index is 1.50. The van der Waals surface area contributed by atoms with Crippen LogP contribution in [0.3, 0.4) is 0 Å². The Labute approximate surface area is 115 Å². The predicted molar refractivity (Wildman–Crippen MR) is 75.0 cm³/mol. The number of nitrogens with one attached hydrogen (secondary N) is 2. The molecule has 0 unspecified atom stereocenters. The Morgan fingerprint density at radius 1 is 1.05 bits per heavy atom. The molecule has 0 aliphatic carbocycles. The summed E-state index contributed by atoms with van der Waals surface area (Å²) in [4.78, 5) is 16.8. The summed E-state index contributed by atoms with van der Waals surface area (Å²) in [5.74, 6) is 0.337. The number of piperidine rings is 1. The number of hydrogen-bond donors (Lipinski definition) is 2. The van der Waals surface area contributed by atoms with Gasteiger partial charge in [-0.05, 0) is 25.8 Å². The van der Waals surface area contributed by atoms with Gasteiger partial charge in [-0.3, -0.25) is 9.69 Å². The highest BCUT2D eigenvalue weighted by Gasteiger charge is 2.40. The first-order valence-electron chi connectivity index (χ1n) is 7.69. The number of carbonyl (C=O) groups excluding carboxylic acids is 1. The lowest BCUT2D eigenvalue weighted by Crippen LogP contribution is -2.49. The zero-order valence-electron chi connectivity index (χ0n) is 11.8. The van der Waals surface area contributed by atoms with Gasteiger partial charge in [0.1, 0.15) is 0 Å². The van der Waals surface area contributed by atoms with Crippen molar-refractivity contribution in [2.75, 3.05) is 58.9 Å². The van der Waals surface area contributed by atoms with Crippen LogP contribution in [0.1, 0.15) is 19.3 Å². The second kappa shape index (κ2) is 5.77. The van der Waals surface area contributed by atoms with Crippen molar-refractivity contribution in [2.45, 2.75) is 19.3 Å². The van der Waals surface area contributed by atoms with E-state index in [4.69, 9.17) is 0 Å². The molecule has 0 bridgehead atoms. The molecular formula is C14H26N4O. The summed E-state index contributed by atoms with van der Waals surface area (Å²) in [6.07, 6.45) is 3.74. The van der Waals surface area contributed by atoms with Crippen molar-refractivity contribution in [3.63, 3.8) is 0 Å². The maximum absolute atomic E-state index is 12.4. The van der Waals surface area contributed by atoms with Gasteiger partial charge in [0.05, 0.1) is 6.54 Å². The Morgan fingerprint density at radius 2 is 1.89 bits per heavy atom. The van der Waals surface area contributed by atoms with Crippen molar-refractivity contribution in [3.8, 4) is 0 Å². The number of carbonyl (C=O) groups is 1. The van der Waals surface area contributed by atoms with Gasteiger partial charge in [-0.2, -0.15) is 0 Å². The molecule has 5 heteroatoms. The van der Waals surface area contributed by atoms with Gasteiger partial charge in [0.15, 0.2) is 0 Å². The lowest BCUT2D eigenvalue weighted by Gasteiger charge is -2.34. The maximum Gasteiger partial charge on any atom is 0.236 e. The molecule has 0 aromatic heterocycles. The van der Waals surface area contributed by atoms with Crippen LogP contribution in [0.25, 0.3) is 0 Å². The topological polar surface area (TPSA) is 47.6 Å². The third-order valence-corrected chi connectivity index (χ3v) is 4.92. The summed E-state index contributed by atoms with van der Waals surface area (Å²) in [7, 11) is 0. The van der Waals surface area contributed by atoms with Gasteiger partial charge < -0.3 is 15.5 Å². The van der Waals surface area contributed by atoms with Gasteiger partial charge in [0.25, 0.3) is 0 Å². The standard InChI is InChI=1S/C14H26N4O/c19-13(10-17-8-5-15-6-9-17)18-7-3-14(12-18)2-1-4-16-11-14/h15-16H,1-12H2/t14-/m1/s1. The van der Waals surface area contributed by atoms with E-state index in [0.717, 1.165) is 52.4 Å². The van der Waals surface area contributed by atoms with Crippen LogP contribution in [0.15, 0.2) is 0 Å². The minimum absolute atomic E-state index is 0.337. The van der Waals surface area contributed by atoms with Gasteiger partial charge in [-0.15, -0.1) is 0 Å². The van der Waals surface area contributed by atoms with E-state index in [2.05, 4.69) is 20.4 Å². The minimum atomic E-state index is 0.337. The number of likely N-dealkylation sites (tertiary alicyclic amines) is 1. The highest BCUT2D eigenvalue weighted by Crippen LogP contribution is 2.36. The Bertz CT molecular complexity index is 321. The molecule has 2 N–H and O–H groups in total. The van der Waals surface area contributed by atoms with E-state index in [0.29, 0.717) is 17.9 Å². The van der Waals surface area contributed by atoms with Crippen molar-refractivity contribution >= 4 is 5.91 Å². The molecule has 0 aromatic carbocycles. The van der Waals surface area contributed by atoms with E-state index >= 15 is 0 Å². The summed E-state index contributed by atoms with van der Waals surface area (Å²) in [5.41, 5.74) is 0.386. The summed E-state index contributed by atoms with van der Waals surface area (Å²) >= 11 is 0. The molecule has 19 heavy (non-hydrogen) atoms. The Hall–Kier alpha value is -0.650. The molecule has 3 saturated heterocycles. The third kappa shape index (κ3) is 3.09. The molecule has 0 saturated carbocycles. The second-order valence-electron chi connectivity index (χ2n) is 6.37. The largest absolute Gasteiger partial charge is 0.341 e. The zero-order valence-corrected chi connectivity index (χ0v) is 11.8. The van der Waals surface area contributed by atoms with E-state index in [1.807, 2.05) is 0 Å². The van der Waals surface area contributed by atoms with Gasteiger partial charge in [0, 0.05) is 51.2 Å². The first-order valence-corrected chi connectivity index (χ1v) is 7.69. The molecule has 3 aliphatic rings. The van der Waals surface area contributed by atoms with Crippen LogP contribution in [-0.2, 0) is 4.79 Å². The highest BCUT2D eigenvalue weighted by atomic mass is 16.2. The molecular weight excluding hydrogens is 240 g/mol. The van der Waals surface area contributed by atoms with Crippen molar-refractivity contribution in [1.29, 1.82) is 0 Å². The lowest BCUT2D eigenvalue weighted by atomic mass is 9.80. The summed E-state index contributed by atoms with van der Waals surface area (Å²) in [5, 5.41) is 6.83. The average Bonchev–Trinajstić information content (AvgIpc) is 2.85. The maximum atomic E-state index is 12.4. The van der Waals surface area contributed by atoms with Crippen LogP contribution < -0.4 is 10.6 Å². The average molecular weight is 266 g/mol. The van der Waals surface area contributed by atoms with Crippen LogP contribution in [0.4, 0.5) is 0 Å². The fraction of sp³-hybridized carbons (Fsp3) is 0.929. The lowest BCUT2D eigenvalue weighted by molar-refractivity contribution is -0.132. The number of piperazine rings is 1. The molecule has 3 fully saturated rings. The molecule has 3 rings (SSSR count). The van der Waals surface area contributed by atoms with Crippen LogP contribution >= 0.6 is 0 Å². The number of rotatable bonds is 2. The van der Waals surface area contributed by atoms with Gasteiger partial charge in [-0.1, -0.05) is 0 Å². The molecule has 3 heterocycles. The van der Waals surface area contributed by atoms with Crippen LogP contribution in [0, 0.1) is 5.41 Å². The smallest absolute Gasteiger partial charge is 0.236 e. The first-order chi connectivity index (χ1) is 9.27. The zero-order chi connectivity index (χ0) is 13.1. The molecule has 1 atom stereocenters. The van der Waals surface area contributed by atoms with Crippen LogP contribution in [0.5, 0.6) is 0 Å². The summed E-state index contributed by atoms with van der Waals surface area (Å²) in [6, 6.07) is 0. The molecule has 1 amide bonds. The molecule has 3 aliphatic heterocycles. The SMILES string of the molecule is O=C(CN1CCNCC1)N1CC[C@@]2(CCCNC2)C1. The number of hydrogen-bond acceptors (Lipinski definition) is 4. The molecule has 0 aromatic rings. The van der Waals surface area contributed by atoms with E-state index < -0.39 is 0 Å². The van der Waals surface area contributed by atoms with Gasteiger partial charge in [0.2, 0.25) is 5.91 Å². The second-order valence-corrected chi connectivity index (χ2v) is 6.37. The van der Waals surface area contributed by atoms with Crippen molar-refractivity contribution in [3.05, 3.63) is 0 Å². The fourth-order valence-electron chi connectivity index (χ4n) is 3.69. The van der Waals surface area contributed by atoms with Crippen molar-refractivity contribution < 1.29 is 4.79 Å². The third-order valence-electron chi connectivity index (χ3n) is 4.92. The quantitative estimate of drug-likeness (QED) is 0.707. The van der Waals surface area contributed by atoms with Crippen LogP contribution in [-0.4, -0.2) is 74.6 Å². The predicted octanol–water partition coefficient (Wildman–Crippen LogP) is -0.506. The van der Waals surface area contributed by atoms with Gasteiger partial charge in [-0.25, -0.2) is 0 Å². The van der Waals surface area contributed by atoms with E-state index in [1.165, 1.54) is 19.3 Å². The van der Waals surface area contributed by atoms with E-state index in [9.17, 15) is 4.79 Å². The molecule has 5 nitrogen and oxygen atoms in total. The summed E-state index contributed by atoms with van der Waals surface area (Å²) in [6.45, 7) is 8.85. The van der Waals surface area contributed by atoms with Crippen molar-refractivity contribution in [2.24, 2.45) is 5.41 Å². The fourth-order valence-corrected chi connectivity index (χ4v) is 3.69. The normalized spacial score (nSPS) is 32.9. The van der Waals surface area contributed by atoms with Crippen molar-refractivity contribution in [1.82, 2.24) is 20.4 Å². The van der Waals surface area contributed by atoms with Crippen LogP contribution in [0.2, 0.25) is 0 Å². The minimum Gasteiger partial charge on any atom is -0.341 e. The van der Waals surface area contributed by atoms with E-state index in [1.54, 1.807) is 0 Å². The molecule has 108 valence electrons. The van der Waals surface area contributed by atoms with Gasteiger partial charge >= 0.3 is 0 Å². The Kier molecular flexibility index (Phi) is 4.05. The number of nitrogens with zero attached hydrogens (tertiary/aromatic N) is 2.